The van der Waals surface area contributed by atoms with Crippen LogP contribution in [0, 0.1) is 37.1 Å². The first kappa shape index (κ1) is 22.4. The Morgan fingerprint density at radius 2 is 1.81 bits per heavy atom. The molecule has 0 fully saturated rings. The summed E-state index contributed by atoms with van der Waals surface area (Å²) < 4.78 is 66.0. The maximum atomic E-state index is 13.7. The summed E-state index contributed by atoms with van der Waals surface area (Å²) in [7, 11) is 1.60. The van der Waals surface area contributed by atoms with Crippen molar-refractivity contribution in [3.8, 4) is 5.75 Å². The fraction of sp³-hybridized carbons (Fsp3) is 0.333. The number of furan rings is 1. The highest BCUT2D eigenvalue weighted by atomic mass is 19.2. The summed E-state index contributed by atoms with van der Waals surface area (Å²) in [4.78, 5) is 14.1. The summed E-state index contributed by atoms with van der Waals surface area (Å²) in [5.74, 6) is -8.07. The maximum absolute atomic E-state index is 13.7. The van der Waals surface area contributed by atoms with Gasteiger partial charge in [-0.3, -0.25) is 9.48 Å². The molecule has 0 aliphatic heterocycles. The Labute approximate surface area is 176 Å². The average Bonchev–Trinajstić information content (AvgIpc) is 3.31. The van der Waals surface area contributed by atoms with Crippen LogP contribution in [0.25, 0.3) is 0 Å². The third-order valence-corrected chi connectivity index (χ3v) is 4.88. The van der Waals surface area contributed by atoms with Crippen molar-refractivity contribution < 1.29 is 31.5 Å². The lowest BCUT2D eigenvalue weighted by atomic mass is 10.2. The van der Waals surface area contributed by atoms with E-state index in [1.165, 1.54) is 17.0 Å². The molecule has 0 atom stereocenters. The van der Waals surface area contributed by atoms with Crippen molar-refractivity contribution in [2.24, 2.45) is 0 Å². The molecular weight excluding hydrogens is 418 g/mol. The van der Waals surface area contributed by atoms with Crippen LogP contribution in [-0.2, 0) is 19.7 Å². The quantitative estimate of drug-likeness (QED) is 0.401. The zero-order valence-corrected chi connectivity index (χ0v) is 17.4. The Kier molecular flexibility index (Phi) is 6.37. The SMILES string of the molecule is CCn1nc(C)c(CN(C)C(=O)c2ccc(COc3c(F)c(F)cc(F)c3F)o2)c1C. The number of halogens is 4. The monoisotopic (exact) mass is 439 g/mol. The predicted molar refractivity (Wildman–Crippen MR) is 102 cm³/mol. The van der Waals surface area contributed by atoms with Crippen LogP contribution in [0.2, 0.25) is 0 Å². The van der Waals surface area contributed by atoms with Gasteiger partial charge in [0.2, 0.25) is 11.6 Å². The van der Waals surface area contributed by atoms with Crippen LogP contribution in [0.15, 0.2) is 22.6 Å². The molecule has 10 heteroatoms. The minimum Gasteiger partial charge on any atom is -0.479 e. The van der Waals surface area contributed by atoms with Crippen LogP contribution >= 0.6 is 0 Å². The number of benzene rings is 1. The zero-order chi connectivity index (χ0) is 22.9. The second-order valence-electron chi connectivity index (χ2n) is 6.98. The van der Waals surface area contributed by atoms with Crippen LogP contribution in [-0.4, -0.2) is 27.6 Å². The summed E-state index contributed by atoms with van der Waals surface area (Å²) in [6.45, 7) is 6.25. The number of amides is 1. The van der Waals surface area contributed by atoms with E-state index in [1.54, 1.807) is 7.05 Å². The lowest BCUT2D eigenvalue weighted by Gasteiger charge is -2.16. The molecule has 3 rings (SSSR count). The first-order valence-corrected chi connectivity index (χ1v) is 9.46. The highest BCUT2D eigenvalue weighted by Crippen LogP contribution is 2.27. The molecule has 1 aromatic carbocycles. The van der Waals surface area contributed by atoms with Crippen molar-refractivity contribution >= 4 is 5.91 Å². The molecule has 0 N–H and O–H groups in total. The van der Waals surface area contributed by atoms with E-state index in [0.29, 0.717) is 13.1 Å². The van der Waals surface area contributed by atoms with Gasteiger partial charge in [-0.25, -0.2) is 8.78 Å². The molecule has 0 aliphatic carbocycles. The van der Waals surface area contributed by atoms with E-state index in [2.05, 4.69) is 5.10 Å². The molecule has 3 aromatic rings. The van der Waals surface area contributed by atoms with Crippen LogP contribution in [0.1, 0.15) is 40.2 Å². The standard InChI is InChI=1S/C21H21F4N3O3/c1-5-28-12(3)14(11(2)26-28)9-27(4)21(29)17-7-6-13(31-17)10-30-20-18(24)15(22)8-16(23)19(20)25/h6-8H,5,9-10H2,1-4H3. The maximum Gasteiger partial charge on any atom is 0.289 e. The Morgan fingerprint density at radius 3 is 2.39 bits per heavy atom. The third-order valence-electron chi connectivity index (χ3n) is 4.88. The van der Waals surface area contributed by atoms with Gasteiger partial charge < -0.3 is 14.1 Å². The van der Waals surface area contributed by atoms with Gasteiger partial charge in [-0.15, -0.1) is 0 Å². The number of hydrogen-bond donors (Lipinski definition) is 0. The topological polar surface area (TPSA) is 60.5 Å². The van der Waals surface area contributed by atoms with Crippen molar-refractivity contribution in [2.45, 2.75) is 40.5 Å². The van der Waals surface area contributed by atoms with E-state index in [4.69, 9.17) is 9.15 Å². The molecule has 0 spiro atoms. The molecule has 0 radical (unpaired) electrons. The fourth-order valence-electron chi connectivity index (χ4n) is 3.16. The van der Waals surface area contributed by atoms with Gasteiger partial charge in [0.25, 0.3) is 5.91 Å². The number of ether oxygens (including phenoxy) is 1. The molecule has 0 saturated carbocycles. The molecule has 0 aliphatic rings. The first-order chi connectivity index (χ1) is 14.6. The van der Waals surface area contributed by atoms with Crippen LogP contribution < -0.4 is 4.74 Å². The van der Waals surface area contributed by atoms with Gasteiger partial charge in [-0.05, 0) is 32.9 Å². The number of rotatable bonds is 7. The van der Waals surface area contributed by atoms with E-state index >= 15 is 0 Å². The van der Waals surface area contributed by atoms with Gasteiger partial charge in [-0.1, -0.05) is 0 Å². The van der Waals surface area contributed by atoms with E-state index < -0.39 is 41.5 Å². The molecule has 6 nitrogen and oxygen atoms in total. The predicted octanol–water partition coefficient (Wildman–Crippen LogP) is 4.52. The molecule has 1 amide bonds. The van der Waals surface area contributed by atoms with E-state index in [9.17, 15) is 22.4 Å². The molecular formula is C21H21F4N3O3. The average molecular weight is 439 g/mol. The number of carbonyl (C=O) groups excluding carboxylic acids is 1. The Morgan fingerprint density at radius 1 is 1.16 bits per heavy atom. The van der Waals surface area contributed by atoms with Gasteiger partial charge in [0.1, 0.15) is 12.4 Å². The number of nitrogens with zero attached hydrogens (tertiary/aromatic N) is 3. The fourth-order valence-corrected chi connectivity index (χ4v) is 3.16. The van der Waals surface area contributed by atoms with Crippen molar-refractivity contribution in [1.29, 1.82) is 0 Å². The number of hydrogen-bond acceptors (Lipinski definition) is 4. The molecule has 166 valence electrons. The van der Waals surface area contributed by atoms with Gasteiger partial charge >= 0.3 is 0 Å². The zero-order valence-electron chi connectivity index (χ0n) is 17.4. The van der Waals surface area contributed by atoms with E-state index in [1.807, 2.05) is 25.5 Å². The van der Waals surface area contributed by atoms with Gasteiger partial charge in [-0.2, -0.15) is 13.9 Å². The minimum atomic E-state index is -1.65. The molecule has 2 aromatic heterocycles. The smallest absolute Gasteiger partial charge is 0.289 e. The molecule has 0 saturated heterocycles. The second-order valence-corrected chi connectivity index (χ2v) is 6.98. The van der Waals surface area contributed by atoms with Crippen LogP contribution in [0.4, 0.5) is 17.6 Å². The van der Waals surface area contributed by atoms with Crippen molar-refractivity contribution in [3.05, 3.63) is 69.9 Å². The Balaban J connectivity index is 1.70. The number of aryl methyl sites for hydroxylation is 2. The summed E-state index contributed by atoms with van der Waals surface area (Å²) >= 11 is 0. The van der Waals surface area contributed by atoms with Crippen LogP contribution in [0.3, 0.4) is 0 Å². The van der Waals surface area contributed by atoms with Gasteiger partial charge in [0.15, 0.2) is 23.1 Å². The van der Waals surface area contributed by atoms with Gasteiger partial charge in [0.05, 0.1) is 5.69 Å². The summed E-state index contributed by atoms with van der Waals surface area (Å²) in [6, 6.07) is 2.84. The number of carbonyl (C=O) groups is 1. The van der Waals surface area contributed by atoms with E-state index in [0.717, 1.165) is 17.0 Å². The molecule has 31 heavy (non-hydrogen) atoms. The normalized spacial score (nSPS) is 11.1. The molecule has 0 unspecified atom stereocenters. The van der Waals surface area contributed by atoms with Crippen molar-refractivity contribution in [3.63, 3.8) is 0 Å². The first-order valence-electron chi connectivity index (χ1n) is 9.46. The lowest BCUT2D eigenvalue weighted by molar-refractivity contribution is 0.0748. The lowest BCUT2D eigenvalue weighted by Crippen LogP contribution is -2.26. The Hall–Kier alpha value is -3.30. The van der Waals surface area contributed by atoms with Gasteiger partial charge in [0, 0.05) is 37.5 Å². The van der Waals surface area contributed by atoms with Crippen molar-refractivity contribution in [1.82, 2.24) is 14.7 Å². The second kappa shape index (κ2) is 8.83. The van der Waals surface area contributed by atoms with E-state index in [-0.39, 0.29) is 17.6 Å². The molecule has 0 bridgehead atoms. The third kappa shape index (κ3) is 4.42. The highest BCUT2D eigenvalue weighted by Gasteiger charge is 2.22. The summed E-state index contributed by atoms with van der Waals surface area (Å²) in [5.41, 5.74) is 2.70. The Bertz CT molecular complexity index is 1100. The largest absolute Gasteiger partial charge is 0.479 e. The number of aromatic nitrogens is 2. The van der Waals surface area contributed by atoms with Crippen LogP contribution in [0.5, 0.6) is 5.75 Å². The minimum absolute atomic E-state index is 0.0225. The molecule has 2 heterocycles. The van der Waals surface area contributed by atoms with Crippen molar-refractivity contribution in [2.75, 3.05) is 7.05 Å². The highest BCUT2D eigenvalue weighted by molar-refractivity contribution is 5.91. The summed E-state index contributed by atoms with van der Waals surface area (Å²) in [5, 5.41) is 4.42. The summed E-state index contributed by atoms with van der Waals surface area (Å²) in [6.07, 6.45) is 0.